The summed E-state index contributed by atoms with van der Waals surface area (Å²) in [5.74, 6) is -0.539. The van der Waals surface area contributed by atoms with Crippen LogP contribution in [0.3, 0.4) is 0 Å². The van der Waals surface area contributed by atoms with Crippen LogP contribution in [0, 0.1) is 5.82 Å². The van der Waals surface area contributed by atoms with E-state index in [1.54, 1.807) is 24.3 Å². The molecule has 32 heavy (non-hydrogen) atoms. The molecule has 166 valence electrons. The highest BCUT2D eigenvalue weighted by molar-refractivity contribution is 5.99. The molecule has 9 heteroatoms. The van der Waals surface area contributed by atoms with Gasteiger partial charge < -0.3 is 26.4 Å². The lowest BCUT2D eigenvalue weighted by Crippen LogP contribution is -2.28. The Bertz CT molecular complexity index is 1140. The van der Waals surface area contributed by atoms with Gasteiger partial charge in [0, 0.05) is 36.6 Å². The third-order valence-electron chi connectivity index (χ3n) is 4.48. The highest BCUT2D eigenvalue weighted by atomic mass is 19.1. The Hall–Kier alpha value is -3.98. The van der Waals surface area contributed by atoms with Gasteiger partial charge in [-0.1, -0.05) is 12.1 Å². The number of rotatable bonds is 6. The number of anilines is 2. The summed E-state index contributed by atoms with van der Waals surface area (Å²) < 4.78 is 20.1. The molecule has 0 radical (unpaired) electrons. The molecule has 1 aromatic heterocycles. The van der Waals surface area contributed by atoms with E-state index in [2.05, 4.69) is 20.9 Å². The second-order valence-corrected chi connectivity index (χ2v) is 7.58. The zero-order valence-corrected chi connectivity index (χ0v) is 17.9. The van der Waals surface area contributed by atoms with Gasteiger partial charge in [-0.2, -0.15) is 0 Å². The number of halogens is 1. The molecule has 8 nitrogen and oxygen atoms in total. The largest absolute Gasteiger partial charge is 0.457 e. The fourth-order valence-electron chi connectivity index (χ4n) is 2.81. The molecule has 0 aliphatic heterocycles. The minimum absolute atomic E-state index is 0.0223. The van der Waals surface area contributed by atoms with E-state index in [-0.39, 0.29) is 23.0 Å². The Morgan fingerprint density at radius 2 is 1.78 bits per heavy atom. The van der Waals surface area contributed by atoms with Gasteiger partial charge in [0.1, 0.15) is 23.0 Å². The van der Waals surface area contributed by atoms with E-state index in [1.165, 1.54) is 31.4 Å². The second kappa shape index (κ2) is 9.44. The Balaban J connectivity index is 1.67. The van der Waals surface area contributed by atoms with Gasteiger partial charge in [-0.3, -0.25) is 9.78 Å². The van der Waals surface area contributed by atoms with Crippen LogP contribution in [0.5, 0.6) is 11.5 Å². The van der Waals surface area contributed by atoms with Gasteiger partial charge in [0.25, 0.3) is 5.91 Å². The van der Waals surface area contributed by atoms with E-state index >= 15 is 0 Å². The number of carbonyl (C=O) groups is 2. The summed E-state index contributed by atoms with van der Waals surface area (Å²) in [5, 5.41) is 7.59. The number of nitrogens with zero attached hydrogens (tertiary/aromatic N) is 1. The highest BCUT2D eigenvalue weighted by Crippen LogP contribution is 2.26. The Morgan fingerprint density at radius 3 is 2.47 bits per heavy atom. The smallest absolute Gasteiger partial charge is 0.323 e. The van der Waals surface area contributed by atoms with Gasteiger partial charge in [-0.25, -0.2) is 9.18 Å². The number of hydrogen-bond acceptors (Lipinski definition) is 5. The van der Waals surface area contributed by atoms with E-state index in [0.717, 1.165) is 11.6 Å². The van der Waals surface area contributed by atoms with Crippen LogP contribution < -0.4 is 26.4 Å². The van der Waals surface area contributed by atoms with E-state index in [1.807, 2.05) is 19.9 Å². The Kier molecular flexibility index (Phi) is 6.70. The zero-order valence-electron chi connectivity index (χ0n) is 17.9. The second-order valence-electron chi connectivity index (χ2n) is 7.58. The SMILES string of the molecule is CNC(=O)c1cc(Oc2ccc(NC(=O)Nc3cccc(C(C)(C)N)c3)c(F)c2)ccn1. The molecule has 0 aliphatic rings. The van der Waals surface area contributed by atoms with Crippen LogP contribution in [0.15, 0.2) is 60.8 Å². The van der Waals surface area contributed by atoms with Crippen molar-refractivity contribution in [1.29, 1.82) is 0 Å². The minimum Gasteiger partial charge on any atom is -0.457 e. The molecular weight excluding hydrogens is 413 g/mol. The first-order valence-electron chi connectivity index (χ1n) is 9.78. The van der Waals surface area contributed by atoms with Crippen molar-refractivity contribution in [2.45, 2.75) is 19.4 Å². The molecule has 0 saturated heterocycles. The Morgan fingerprint density at radius 1 is 1.03 bits per heavy atom. The molecule has 3 amide bonds. The number of benzene rings is 2. The lowest BCUT2D eigenvalue weighted by atomic mass is 9.95. The van der Waals surface area contributed by atoms with Crippen molar-refractivity contribution in [2.75, 3.05) is 17.7 Å². The number of nitrogens with two attached hydrogens (primary N) is 1. The number of urea groups is 1. The van der Waals surface area contributed by atoms with Crippen LogP contribution in [0.2, 0.25) is 0 Å². The molecule has 2 aromatic carbocycles. The molecule has 0 bridgehead atoms. The van der Waals surface area contributed by atoms with Crippen molar-refractivity contribution in [3.8, 4) is 11.5 Å². The molecule has 1 heterocycles. The van der Waals surface area contributed by atoms with Gasteiger partial charge in [-0.05, 0) is 49.7 Å². The van der Waals surface area contributed by atoms with Gasteiger partial charge in [0.15, 0.2) is 0 Å². The molecule has 0 aliphatic carbocycles. The van der Waals surface area contributed by atoms with Crippen molar-refractivity contribution in [2.24, 2.45) is 5.73 Å². The third kappa shape index (κ3) is 5.79. The number of ether oxygens (including phenoxy) is 1. The molecule has 0 unspecified atom stereocenters. The quantitative estimate of drug-likeness (QED) is 0.461. The van der Waals surface area contributed by atoms with E-state index < -0.39 is 17.4 Å². The third-order valence-corrected chi connectivity index (χ3v) is 4.48. The lowest BCUT2D eigenvalue weighted by molar-refractivity contribution is 0.0958. The summed E-state index contributed by atoms with van der Waals surface area (Å²) in [6.45, 7) is 3.72. The first kappa shape index (κ1) is 22.7. The average molecular weight is 437 g/mol. The molecule has 0 fully saturated rings. The standard InChI is InChI=1S/C23H24FN5O3/c1-23(2,25)14-5-4-6-15(11-14)28-22(31)29-19-8-7-16(12-18(19)24)32-17-9-10-27-20(13-17)21(30)26-3/h4-13H,25H2,1-3H3,(H,26,30)(H2,28,29,31). The highest BCUT2D eigenvalue weighted by Gasteiger charge is 2.15. The molecule has 0 spiro atoms. The van der Waals surface area contributed by atoms with Crippen LogP contribution in [0.1, 0.15) is 29.9 Å². The zero-order chi connectivity index (χ0) is 23.3. The van der Waals surface area contributed by atoms with Gasteiger partial charge in [-0.15, -0.1) is 0 Å². The minimum atomic E-state index is -0.685. The van der Waals surface area contributed by atoms with Crippen molar-refractivity contribution >= 4 is 23.3 Å². The summed E-state index contributed by atoms with van der Waals surface area (Å²) in [6, 6.07) is 13.5. The topological polar surface area (TPSA) is 118 Å². The van der Waals surface area contributed by atoms with Crippen molar-refractivity contribution < 1.29 is 18.7 Å². The number of pyridine rings is 1. The van der Waals surface area contributed by atoms with Gasteiger partial charge in [0.2, 0.25) is 0 Å². The number of aromatic nitrogens is 1. The first-order valence-corrected chi connectivity index (χ1v) is 9.78. The maximum absolute atomic E-state index is 14.5. The number of nitrogens with one attached hydrogen (secondary N) is 3. The number of amides is 3. The summed E-state index contributed by atoms with van der Waals surface area (Å²) >= 11 is 0. The predicted octanol–water partition coefficient (Wildman–Crippen LogP) is 4.21. The number of hydrogen-bond donors (Lipinski definition) is 4. The molecule has 3 aromatic rings. The lowest BCUT2D eigenvalue weighted by Gasteiger charge is -2.20. The average Bonchev–Trinajstić information content (AvgIpc) is 2.75. The fraction of sp³-hybridized carbons (Fsp3) is 0.174. The Labute approximate surface area is 185 Å². The van der Waals surface area contributed by atoms with Crippen molar-refractivity contribution in [3.63, 3.8) is 0 Å². The summed E-state index contributed by atoms with van der Waals surface area (Å²) in [7, 11) is 1.49. The maximum Gasteiger partial charge on any atom is 0.323 e. The molecular formula is C23H24FN5O3. The van der Waals surface area contributed by atoms with E-state index in [0.29, 0.717) is 11.4 Å². The van der Waals surface area contributed by atoms with Crippen LogP contribution in [0.25, 0.3) is 0 Å². The van der Waals surface area contributed by atoms with Gasteiger partial charge in [0.05, 0.1) is 5.69 Å². The van der Waals surface area contributed by atoms with Crippen LogP contribution in [-0.4, -0.2) is 24.0 Å². The molecule has 5 N–H and O–H groups in total. The number of carbonyl (C=O) groups excluding carboxylic acids is 2. The van der Waals surface area contributed by atoms with Crippen molar-refractivity contribution in [1.82, 2.24) is 10.3 Å². The van der Waals surface area contributed by atoms with Gasteiger partial charge >= 0.3 is 6.03 Å². The summed E-state index contributed by atoms with van der Waals surface area (Å²) in [5.41, 5.74) is 7.05. The summed E-state index contributed by atoms with van der Waals surface area (Å²) in [4.78, 5) is 27.9. The van der Waals surface area contributed by atoms with Crippen LogP contribution >= 0.6 is 0 Å². The first-order chi connectivity index (χ1) is 15.2. The van der Waals surface area contributed by atoms with E-state index in [4.69, 9.17) is 10.5 Å². The maximum atomic E-state index is 14.5. The molecule has 0 saturated carbocycles. The normalized spacial score (nSPS) is 10.9. The van der Waals surface area contributed by atoms with E-state index in [9.17, 15) is 14.0 Å². The van der Waals surface area contributed by atoms with Crippen LogP contribution in [-0.2, 0) is 5.54 Å². The molecule has 3 rings (SSSR count). The predicted molar refractivity (Wildman–Crippen MR) is 120 cm³/mol. The fourth-order valence-corrected chi connectivity index (χ4v) is 2.81. The molecule has 0 atom stereocenters. The van der Waals surface area contributed by atoms with Crippen molar-refractivity contribution in [3.05, 3.63) is 77.9 Å². The summed E-state index contributed by atoms with van der Waals surface area (Å²) in [6.07, 6.45) is 1.41. The van der Waals surface area contributed by atoms with Crippen LogP contribution in [0.4, 0.5) is 20.6 Å². The monoisotopic (exact) mass is 437 g/mol.